The van der Waals surface area contributed by atoms with Gasteiger partial charge in [0.25, 0.3) is 0 Å². The van der Waals surface area contributed by atoms with Gasteiger partial charge in [0.15, 0.2) is 5.79 Å². The molecule has 1 saturated carbocycles. The van der Waals surface area contributed by atoms with Gasteiger partial charge in [-0.3, -0.25) is 4.79 Å². The van der Waals surface area contributed by atoms with Crippen LogP contribution in [0.1, 0.15) is 59.3 Å². The van der Waals surface area contributed by atoms with Gasteiger partial charge in [-0.25, -0.2) is 0 Å². The Morgan fingerprint density at radius 1 is 1.23 bits per heavy atom. The van der Waals surface area contributed by atoms with E-state index in [0.29, 0.717) is 6.61 Å². The van der Waals surface area contributed by atoms with Crippen LogP contribution in [0.3, 0.4) is 0 Å². The molecule has 0 aromatic carbocycles. The molecule has 0 unspecified atom stereocenters. The molecule has 4 nitrogen and oxygen atoms in total. The number of carbonyl (C=O) groups excluding carboxylic acids is 1. The standard InChI is InChI=1S/C18H28O4/c1-17(2,3)22-16(19)14-9-7-8-13(14)15-12-20-18(21-15)10-5-4-6-11-18/h7-8,13-15H,4-6,9-12H2,1-3H3/t13-,14-,15+/m0/s1. The van der Waals surface area contributed by atoms with Gasteiger partial charge < -0.3 is 14.2 Å². The molecule has 0 aromatic rings. The first kappa shape index (κ1) is 16.0. The minimum atomic E-state index is -0.443. The molecule has 1 saturated heterocycles. The Kier molecular flexibility index (Phi) is 4.34. The van der Waals surface area contributed by atoms with Crippen molar-refractivity contribution in [3.63, 3.8) is 0 Å². The Bertz CT molecular complexity index is 442. The number of esters is 1. The Balaban J connectivity index is 1.64. The van der Waals surface area contributed by atoms with Crippen molar-refractivity contribution in [1.82, 2.24) is 0 Å². The summed E-state index contributed by atoms with van der Waals surface area (Å²) in [5, 5.41) is 0. The highest BCUT2D eigenvalue weighted by atomic mass is 16.7. The molecular formula is C18H28O4. The Morgan fingerprint density at radius 3 is 2.64 bits per heavy atom. The fraction of sp³-hybridized carbons (Fsp3) is 0.833. The molecule has 4 heteroatoms. The summed E-state index contributed by atoms with van der Waals surface area (Å²) < 4.78 is 17.9. The lowest BCUT2D eigenvalue weighted by molar-refractivity contribution is -0.193. The topological polar surface area (TPSA) is 44.8 Å². The van der Waals surface area contributed by atoms with E-state index < -0.39 is 5.60 Å². The first-order valence-electron chi connectivity index (χ1n) is 8.60. The molecule has 3 rings (SSSR count). The van der Waals surface area contributed by atoms with Crippen LogP contribution >= 0.6 is 0 Å². The van der Waals surface area contributed by atoms with Crippen LogP contribution in [0.4, 0.5) is 0 Å². The van der Waals surface area contributed by atoms with Crippen molar-refractivity contribution in [3.8, 4) is 0 Å². The maximum absolute atomic E-state index is 12.4. The average molecular weight is 308 g/mol. The van der Waals surface area contributed by atoms with E-state index >= 15 is 0 Å². The van der Waals surface area contributed by atoms with Crippen LogP contribution in [0.2, 0.25) is 0 Å². The zero-order valence-electron chi connectivity index (χ0n) is 14.0. The molecule has 0 N–H and O–H groups in total. The van der Waals surface area contributed by atoms with Crippen LogP contribution in [0.25, 0.3) is 0 Å². The summed E-state index contributed by atoms with van der Waals surface area (Å²) in [6.45, 7) is 6.33. The van der Waals surface area contributed by atoms with E-state index in [-0.39, 0.29) is 29.7 Å². The van der Waals surface area contributed by atoms with Crippen LogP contribution in [0.15, 0.2) is 12.2 Å². The summed E-state index contributed by atoms with van der Waals surface area (Å²) in [6.07, 6.45) is 10.5. The van der Waals surface area contributed by atoms with Gasteiger partial charge in [0.05, 0.1) is 18.6 Å². The second kappa shape index (κ2) is 5.97. The molecular weight excluding hydrogens is 280 g/mol. The summed E-state index contributed by atoms with van der Waals surface area (Å²) in [4.78, 5) is 12.4. The lowest BCUT2D eigenvalue weighted by Gasteiger charge is -2.33. The van der Waals surface area contributed by atoms with Gasteiger partial charge in [-0.1, -0.05) is 18.6 Å². The lowest BCUT2D eigenvalue weighted by Crippen LogP contribution is -2.38. The third-order valence-corrected chi connectivity index (χ3v) is 4.84. The molecule has 22 heavy (non-hydrogen) atoms. The van der Waals surface area contributed by atoms with Gasteiger partial charge in [0, 0.05) is 18.8 Å². The normalized spacial score (nSPS) is 34.2. The summed E-state index contributed by atoms with van der Waals surface area (Å²) in [6, 6.07) is 0. The summed E-state index contributed by atoms with van der Waals surface area (Å²) in [5.74, 6) is -0.545. The van der Waals surface area contributed by atoms with Crippen molar-refractivity contribution in [2.75, 3.05) is 6.61 Å². The van der Waals surface area contributed by atoms with Crippen LogP contribution in [-0.4, -0.2) is 30.1 Å². The lowest BCUT2D eigenvalue weighted by atomic mass is 9.90. The zero-order chi connectivity index (χ0) is 15.8. The van der Waals surface area contributed by atoms with E-state index in [9.17, 15) is 4.79 Å². The molecule has 0 radical (unpaired) electrons. The molecule has 3 aliphatic rings. The molecule has 2 aliphatic carbocycles. The molecule has 1 heterocycles. The van der Waals surface area contributed by atoms with Crippen molar-refractivity contribution in [2.24, 2.45) is 11.8 Å². The van der Waals surface area contributed by atoms with Crippen LogP contribution in [0, 0.1) is 11.8 Å². The Hall–Kier alpha value is -0.870. The van der Waals surface area contributed by atoms with Gasteiger partial charge >= 0.3 is 5.97 Å². The van der Waals surface area contributed by atoms with Crippen molar-refractivity contribution in [1.29, 1.82) is 0 Å². The summed E-state index contributed by atoms with van der Waals surface area (Å²) in [7, 11) is 0. The fourth-order valence-corrected chi connectivity index (χ4v) is 3.81. The largest absolute Gasteiger partial charge is 0.460 e. The number of hydrogen-bond acceptors (Lipinski definition) is 4. The smallest absolute Gasteiger partial charge is 0.310 e. The zero-order valence-corrected chi connectivity index (χ0v) is 14.0. The second-order valence-electron chi connectivity index (χ2n) is 7.82. The van der Waals surface area contributed by atoms with E-state index in [1.165, 1.54) is 19.3 Å². The highest BCUT2D eigenvalue weighted by Crippen LogP contribution is 2.42. The van der Waals surface area contributed by atoms with Gasteiger partial charge in [-0.15, -0.1) is 0 Å². The van der Waals surface area contributed by atoms with E-state index in [1.54, 1.807) is 0 Å². The molecule has 2 fully saturated rings. The highest BCUT2D eigenvalue weighted by molar-refractivity contribution is 5.74. The van der Waals surface area contributed by atoms with E-state index in [0.717, 1.165) is 19.3 Å². The molecule has 0 amide bonds. The van der Waals surface area contributed by atoms with Crippen molar-refractivity contribution in [3.05, 3.63) is 12.2 Å². The number of ether oxygens (including phenoxy) is 3. The number of rotatable bonds is 2. The Labute approximate surface area is 133 Å². The molecule has 0 aromatic heterocycles. The van der Waals surface area contributed by atoms with E-state index in [2.05, 4.69) is 12.2 Å². The van der Waals surface area contributed by atoms with E-state index in [4.69, 9.17) is 14.2 Å². The minimum Gasteiger partial charge on any atom is -0.460 e. The van der Waals surface area contributed by atoms with Gasteiger partial charge in [-0.2, -0.15) is 0 Å². The maximum Gasteiger partial charge on any atom is 0.310 e. The average Bonchev–Trinajstić information content (AvgIpc) is 3.05. The van der Waals surface area contributed by atoms with E-state index in [1.807, 2.05) is 20.8 Å². The molecule has 1 spiro atoms. The Morgan fingerprint density at radius 2 is 1.95 bits per heavy atom. The van der Waals surface area contributed by atoms with Crippen molar-refractivity contribution in [2.45, 2.75) is 76.8 Å². The number of allylic oxidation sites excluding steroid dienone is 1. The maximum atomic E-state index is 12.4. The highest BCUT2D eigenvalue weighted by Gasteiger charge is 2.48. The predicted molar refractivity (Wildman–Crippen MR) is 83.2 cm³/mol. The minimum absolute atomic E-state index is 0.0191. The molecule has 124 valence electrons. The third kappa shape index (κ3) is 3.38. The second-order valence-corrected chi connectivity index (χ2v) is 7.82. The monoisotopic (exact) mass is 308 g/mol. The molecule has 0 bridgehead atoms. The van der Waals surface area contributed by atoms with Crippen LogP contribution < -0.4 is 0 Å². The number of hydrogen-bond donors (Lipinski definition) is 0. The third-order valence-electron chi connectivity index (χ3n) is 4.84. The summed E-state index contributed by atoms with van der Waals surface area (Å²) in [5.41, 5.74) is -0.443. The SMILES string of the molecule is CC(C)(C)OC(=O)[C@H]1CC=C[C@@H]1[C@H]1COC2(CCCCC2)O1. The van der Waals surface area contributed by atoms with Crippen molar-refractivity contribution >= 4 is 5.97 Å². The molecule has 3 atom stereocenters. The summed E-state index contributed by atoms with van der Waals surface area (Å²) >= 11 is 0. The first-order valence-corrected chi connectivity index (χ1v) is 8.60. The first-order chi connectivity index (χ1) is 10.4. The predicted octanol–water partition coefficient (Wildman–Crippen LogP) is 3.60. The quantitative estimate of drug-likeness (QED) is 0.577. The fourth-order valence-electron chi connectivity index (χ4n) is 3.81. The van der Waals surface area contributed by atoms with Gasteiger partial charge in [0.1, 0.15) is 5.60 Å². The van der Waals surface area contributed by atoms with Gasteiger partial charge in [-0.05, 0) is 40.0 Å². The van der Waals surface area contributed by atoms with Gasteiger partial charge in [0.2, 0.25) is 0 Å². The molecule has 1 aliphatic heterocycles. The van der Waals surface area contributed by atoms with Crippen LogP contribution in [-0.2, 0) is 19.0 Å². The number of carbonyl (C=O) groups is 1. The van der Waals surface area contributed by atoms with Crippen LogP contribution in [0.5, 0.6) is 0 Å². The van der Waals surface area contributed by atoms with Crippen molar-refractivity contribution < 1.29 is 19.0 Å².